The Morgan fingerprint density at radius 3 is 2.00 bits per heavy atom. The predicted octanol–water partition coefficient (Wildman–Crippen LogP) is 2.71. The Labute approximate surface area is 130 Å². The number of benzene rings is 2. The highest BCUT2D eigenvalue weighted by atomic mass is 32.2. The van der Waals surface area contributed by atoms with Crippen LogP contribution in [-0.2, 0) is 10.0 Å². The highest BCUT2D eigenvalue weighted by molar-refractivity contribution is 7.92. The summed E-state index contributed by atoms with van der Waals surface area (Å²) in [5.74, 6) is -0.218. The molecule has 0 bridgehead atoms. The third-order valence-corrected chi connectivity index (χ3v) is 4.68. The second-order valence-corrected chi connectivity index (χ2v) is 6.95. The third kappa shape index (κ3) is 3.65. The number of primary amides is 1. The molecule has 0 aliphatic rings. The molecule has 0 heterocycles. The van der Waals surface area contributed by atoms with Crippen LogP contribution in [0, 0.1) is 0 Å². The van der Waals surface area contributed by atoms with Crippen LogP contribution in [0.2, 0.25) is 0 Å². The number of anilines is 1. The topological polar surface area (TPSA) is 89.3 Å². The van der Waals surface area contributed by atoms with E-state index < -0.39 is 15.9 Å². The molecule has 2 aromatic carbocycles. The molecule has 0 spiro atoms. The maximum Gasteiger partial charge on any atom is 0.261 e. The summed E-state index contributed by atoms with van der Waals surface area (Å²) in [4.78, 5) is 11.2. The van der Waals surface area contributed by atoms with Crippen molar-refractivity contribution < 1.29 is 13.2 Å². The van der Waals surface area contributed by atoms with Crippen LogP contribution >= 0.6 is 0 Å². The number of rotatable bonds is 5. The summed E-state index contributed by atoms with van der Waals surface area (Å²) in [6.07, 6.45) is 0. The Morgan fingerprint density at radius 2 is 1.55 bits per heavy atom. The molecule has 0 aliphatic carbocycles. The van der Waals surface area contributed by atoms with Crippen molar-refractivity contribution in [3.63, 3.8) is 0 Å². The Balaban J connectivity index is 2.21. The molecule has 0 unspecified atom stereocenters. The molecule has 2 rings (SSSR count). The summed E-state index contributed by atoms with van der Waals surface area (Å²) in [5, 5.41) is 0. The fraction of sp³-hybridized carbons (Fsp3) is 0.188. The average molecular weight is 318 g/mol. The van der Waals surface area contributed by atoms with E-state index in [9.17, 15) is 13.2 Å². The van der Waals surface area contributed by atoms with Crippen LogP contribution in [0.3, 0.4) is 0 Å². The van der Waals surface area contributed by atoms with E-state index in [0.717, 1.165) is 5.56 Å². The van der Waals surface area contributed by atoms with Crippen LogP contribution in [0.4, 0.5) is 5.69 Å². The van der Waals surface area contributed by atoms with Gasteiger partial charge in [0.25, 0.3) is 10.0 Å². The summed E-state index contributed by atoms with van der Waals surface area (Å²) in [6, 6.07) is 12.7. The lowest BCUT2D eigenvalue weighted by molar-refractivity contribution is 0.100. The van der Waals surface area contributed by atoms with Crippen LogP contribution in [0.25, 0.3) is 0 Å². The van der Waals surface area contributed by atoms with E-state index in [-0.39, 0.29) is 4.90 Å². The standard InChI is InChI=1S/C16H18N2O3S/c1-11(2)12-5-9-15(10-6-12)22(20,21)18-14-7-3-13(4-8-14)16(17)19/h3-11,18H,1-2H3,(H2,17,19). The summed E-state index contributed by atoms with van der Waals surface area (Å²) >= 11 is 0. The first-order valence-corrected chi connectivity index (χ1v) is 8.30. The molecule has 1 amide bonds. The first kappa shape index (κ1) is 16.0. The normalized spacial score (nSPS) is 11.4. The van der Waals surface area contributed by atoms with Gasteiger partial charge < -0.3 is 5.73 Å². The molecule has 5 nitrogen and oxygen atoms in total. The minimum Gasteiger partial charge on any atom is -0.366 e. The van der Waals surface area contributed by atoms with Gasteiger partial charge in [-0.05, 0) is 47.9 Å². The van der Waals surface area contributed by atoms with Gasteiger partial charge in [0.2, 0.25) is 5.91 Å². The SMILES string of the molecule is CC(C)c1ccc(S(=O)(=O)Nc2ccc(C(N)=O)cc2)cc1. The number of carbonyl (C=O) groups is 1. The summed E-state index contributed by atoms with van der Waals surface area (Å²) < 4.78 is 27.1. The van der Waals surface area contributed by atoms with Crippen LogP contribution in [-0.4, -0.2) is 14.3 Å². The van der Waals surface area contributed by atoms with Gasteiger partial charge in [-0.1, -0.05) is 26.0 Å². The Morgan fingerprint density at radius 1 is 1.00 bits per heavy atom. The van der Waals surface area contributed by atoms with Crippen molar-refractivity contribution in [3.8, 4) is 0 Å². The lowest BCUT2D eigenvalue weighted by Crippen LogP contribution is -2.14. The number of hydrogen-bond donors (Lipinski definition) is 2. The van der Waals surface area contributed by atoms with Crippen molar-refractivity contribution in [1.82, 2.24) is 0 Å². The van der Waals surface area contributed by atoms with Gasteiger partial charge in [-0.2, -0.15) is 0 Å². The Hall–Kier alpha value is -2.34. The van der Waals surface area contributed by atoms with E-state index in [4.69, 9.17) is 5.73 Å². The number of sulfonamides is 1. The first-order valence-electron chi connectivity index (χ1n) is 6.82. The maximum absolute atomic E-state index is 12.3. The van der Waals surface area contributed by atoms with Crippen molar-refractivity contribution in [2.45, 2.75) is 24.7 Å². The third-order valence-electron chi connectivity index (χ3n) is 3.28. The molecular formula is C16H18N2O3S. The molecule has 0 saturated heterocycles. The molecule has 116 valence electrons. The summed E-state index contributed by atoms with van der Waals surface area (Å²) in [7, 11) is -3.66. The van der Waals surface area contributed by atoms with Gasteiger partial charge in [-0.3, -0.25) is 9.52 Å². The molecule has 0 saturated carbocycles. The van der Waals surface area contributed by atoms with Gasteiger partial charge in [-0.25, -0.2) is 8.42 Å². The Bertz CT molecular complexity index is 764. The number of carbonyl (C=O) groups excluding carboxylic acids is 1. The van der Waals surface area contributed by atoms with Crippen molar-refractivity contribution in [3.05, 3.63) is 59.7 Å². The summed E-state index contributed by atoms with van der Waals surface area (Å²) in [6.45, 7) is 4.09. The Kier molecular flexibility index (Phi) is 4.51. The molecule has 6 heteroatoms. The minimum absolute atomic E-state index is 0.191. The van der Waals surface area contributed by atoms with Crippen molar-refractivity contribution >= 4 is 21.6 Å². The van der Waals surface area contributed by atoms with E-state index in [0.29, 0.717) is 17.2 Å². The molecule has 0 aliphatic heterocycles. The average Bonchev–Trinajstić information content (AvgIpc) is 2.47. The lowest BCUT2D eigenvalue weighted by Gasteiger charge is -2.10. The first-order chi connectivity index (χ1) is 10.3. The van der Waals surface area contributed by atoms with Gasteiger partial charge in [0, 0.05) is 11.3 Å². The van der Waals surface area contributed by atoms with E-state index in [1.807, 2.05) is 13.8 Å². The monoisotopic (exact) mass is 318 g/mol. The van der Waals surface area contributed by atoms with Gasteiger partial charge in [0.15, 0.2) is 0 Å². The molecule has 0 aromatic heterocycles. The zero-order valence-corrected chi connectivity index (χ0v) is 13.2. The highest BCUT2D eigenvalue weighted by Crippen LogP contribution is 2.20. The van der Waals surface area contributed by atoms with E-state index in [2.05, 4.69) is 4.72 Å². The number of nitrogens with one attached hydrogen (secondary N) is 1. The second kappa shape index (κ2) is 6.19. The van der Waals surface area contributed by atoms with Crippen LogP contribution in [0.1, 0.15) is 35.7 Å². The smallest absolute Gasteiger partial charge is 0.261 e. The van der Waals surface area contributed by atoms with E-state index >= 15 is 0 Å². The molecule has 3 N–H and O–H groups in total. The largest absolute Gasteiger partial charge is 0.366 e. The second-order valence-electron chi connectivity index (χ2n) is 5.27. The number of nitrogens with two attached hydrogens (primary N) is 1. The summed E-state index contributed by atoms with van der Waals surface area (Å²) in [5.41, 5.74) is 6.91. The quantitative estimate of drug-likeness (QED) is 0.888. The van der Waals surface area contributed by atoms with Crippen LogP contribution < -0.4 is 10.5 Å². The van der Waals surface area contributed by atoms with Crippen molar-refractivity contribution in [1.29, 1.82) is 0 Å². The predicted molar refractivity (Wildman–Crippen MR) is 86.3 cm³/mol. The van der Waals surface area contributed by atoms with Crippen molar-refractivity contribution in [2.75, 3.05) is 4.72 Å². The van der Waals surface area contributed by atoms with E-state index in [1.165, 1.54) is 24.3 Å². The number of amides is 1. The maximum atomic E-state index is 12.3. The molecule has 0 fully saturated rings. The van der Waals surface area contributed by atoms with Gasteiger partial charge in [-0.15, -0.1) is 0 Å². The van der Waals surface area contributed by atoms with Crippen LogP contribution in [0.15, 0.2) is 53.4 Å². The molecule has 0 radical (unpaired) electrons. The molecular weight excluding hydrogens is 300 g/mol. The minimum atomic E-state index is -3.66. The zero-order chi connectivity index (χ0) is 16.3. The fourth-order valence-electron chi connectivity index (χ4n) is 1.95. The number of hydrogen-bond acceptors (Lipinski definition) is 3. The van der Waals surface area contributed by atoms with Gasteiger partial charge in [0.05, 0.1) is 4.90 Å². The lowest BCUT2D eigenvalue weighted by atomic mass is 10.0. The molecule has 0 atom stereocenters. The van der Waals surface area contributed by atoms with Crippen molar-refractivity contribution in [2.24, 2.45) is 5.73 Å². The van der Waals surface area contributed by atoms with Gasteiger partial charge in [0.1, 0.15) is 0 Å². The molecule has 2 aromatic rings. The van der Waals surface area contributed by atoms with Gasteiger partial charge >= 0.3 is 0 Å². The van der Waals surface area contributed by atoms with Crippen LogP contribution in [0.5, 0.6) is 0 Å². The van der Waals surface area contributed by atoms with E-state index in [1.54, 1.807) is 24.3 Å². The fourth-order valence-corrected chi connectivity index (χ4v) is 3.01. The molecule has 22 heavy (non-hydrogen) atoms. The highest BCUT2D eigenvalue weighted by Gasteiger charge is 2.14. The zero-order valence-electron chi connectivity index (χ0n) is 12.4.